The summed E-state index contributed by atoms with van der Waals surface area (Å²) in [6.45, 7) is 0.142. The maximum Gasteiger partial charge on any atom is 0.314 e. The lowest BCUT2D eigenvalue weighted by atomic mass is 10.1. The number of nitrogens with zero attached hydrogens (tertiary/aromatic N) is 5. The van der Waals surface area contributed by atoms with E-state index in [1.165, 1.54) is 23.2 Å². The summed E-state index contributed by atoms with van der Waals surface area (Å²) in [7, 11) is 0. The quantitative estimate of drug-likeness (QED) is 0.107. The van der Waals surface area contributed by atoms with Crippen molar-refractivity contribution in [3.8, 4) is 0 Å². The van der Waals surface area contributed by atoms with Crippen LogP contribution in [0.1, 0.15) is 11.1 Å². The van der Waals surface area contributed by atoms with Gasteiger partial charge in [0.25, 0.3) is 5.69 Å². The van der Waals surface area contributed by atoms with Gasteiger partial charge in [-0.3, -0.25) is 19.7 Å². The number of fused-ring (bicyclic) bond motifs is 1. The third-order valence-corrected chi connectivity index (χ3v) is 7.02. The Labute approximate surface area is 214 Å². The molecule has 2 amide bonds. The Hall–Kier alpha value is -3.64. The Balaban J connectivity index is 1.62. The maximum absolute atomic E-state index is 13.3. The molecule has 4 rings (SSSR count). The van der Waals surface area contributed by atoms with Crippen molar-refractivity contribution in [2.75, 3.05) is 11.1 Å². The second kappa shape index (κ2) is 10.7. The molecule has 3 N–H and O–H groups in total. The first-order valence-corrected chi connectivity index (χ1v) is 14.3. The SMILES string of the molecule is Nc1ncc(NC(=O)C(=O)N(Cc2ccccc2)Cc2cccc([N+](=O)[O-])c2)c2c1cnn2PI. The van der Waals surface area contributed by atoms with Gasteiger partial charge in [-0.25, -0.2) is 9.44 Å². The molecule has 0 bridgehead atoms. The number of hydrogen-bond acceptors (Lipinski definition) is 7. The van der Waals surface area contributed by atoms with E-state index in [0.717, 1.165) is 5.56 Å². The summed E-state index contributed by atoms with van der Waals surface area (Å²) in [6, 6.07) is 15.1. The van der Waals surface area contributed by atoms with E-state index in [2.05, 4.69) is 37.4 Å². The van der Waals surface area contributed by atoms with Crippen LogP contribution in [0, 0.1) is 10.1 Å². The number of rotatable bonds is 7. The molecule has 0 aliphatic carbocycles. The van der Waals surface area contributed by atoms with Gasteiger partial charge in [0.1, 0.15) is 11.3 Å². The average Bonchev–Trinajstić information content (AvgIpc) is 3.31. The Kier molecular flexibility index (Phi) is 7.51. The highest BCUT2D eigenvalue weighted by Crippen LogP contribution is 2.34. The zero-order valence-corrected chi connectivity index (χ0v) is 21.2. The van der Waals surface area contributed by atoms with Crippen LogP contribution in [0.5, 0.6) is 0 Å². The number of halogens is 1. The first kappa shape index (κ1) is 24.5. The van der Waals surface area contributed by atoms with Gasteiger partial charge in [-0.1, -0.05) is 42.5 Å². The molecule has 0 aliphatic heterocycles. The minimum atomic E-state index is -0.872. The second-order valence-electron chi connectivity index (χ2n) is 7.49. The van der Waals surface area contributed by atoms with Crippen LogP contribution >= 0.6 is 28.4 Å². The van der Waals surface area contributed by atoms with E-state index in [0.29, 0.717) is 22.2 Å². The summed E-state index contributed by atoms with van der Waals surface area (Å²) in [5.41, 5.74) is 8.05. The van der Waals surface area contributed by atoms with Crippen molar-refractivity contribution in [2.24, 2.45) is 0 Å². The highest BCUT2D eigenvalue weighted by atomic mass is 127. The number of carbonyl (C=O) groups excluding carboxylic acids is 2. The van der Waals surface area contributed by atoms with Crippen molar-refractivity contribution in [1.29, 1.82) is 0 Å². The standard InChI is InChI=1S/C22H19IN7O4P/c23-35-29-19-17(10-26-29)20(24)25-11-18(19)27-21(31)22(32)28(12-14-5-2-1-3-6-14)13-15-7-4-8-16(9-15)30(33)34/h1-11,35H,12-13H2,(H2,24,25)(H,27,31). The third kappa shape index (κ3) is 5.54. The lowest BCUT2D eigenvalue weighted by molar-refractivity contribution is -0.384. The highest BCUT2D eigenvalue weighted by molar-refractivity contribution is 14.2. The van der Waals surface area contributed by atoms with Gasteiger partial charge in [-0.05, 0) is 33.2 Å². The number of aromatic nitrogens is 3. The number of benzene rings is 2. The molecule has 13 heteroatoms. The molecule has 0 saturated carbocycles. The van der Waals surface area contributed by atoms with Gasteiger partial charge >= 0.3 is 11.8 Å². The molecule has 2 aromatic heterocycles. The summed E-state index contributed by atoms with van der Waals surface area (Å²) in [4.78, 5) is 42.4. The predicted octanol–water partition coefficient (Wildman–Crippen LogP) is 3.88. The molecule has 4 aromatic rings. The van der Waals surface area contributed by atoms with Crippen molar-refractivity contribution in [1.82, 2.24) is 19.4 Å². The molecule has 2 aromatic carbocycles. The van der Waals surface area contributed by atoms with Crippen LogP contribution in [0.4, 0.5) is 17.2 Å². The number of nitro groups is 1. The van der Waals surface area contributed by atoms with Gasteiger partial charge in [0.2, 0.25) is 0 Å². The Morgan fingerprint density at radius 1 is 1.11 bits per heavy atom. The summed E-state index contributed by atoms with van der Waals surface area (Å²) in [5, 5.41) is 18.6. The Morgan fingerprint density at radius 2 is 1.83 bits per heavy atom. The number of hydrogen-bond donors (Lipinski definition) is 2. The minimum Gasteiger partial charge on any atom is -0.383 e. The largest absolute Gasteiger partial charge is 0.383 e. The fourth-order valence-corrected chi connectivity index (χ4v) is 5.05. The van der Waals surface area contributed by atoms with Crippen molar-refractivity contribution < 1.29 is 14.5 Å². The van der Waals surface area contributed by atoms with Gasteiger partial charge in [0.15, 0.2) is 0 Å². The molecule has 0 fully saturated rings. The maximum atomic E-state index is 13.3. The van der Waals surface area contributed by atoms with Gasteiger partial charge in [-0.2, -0.15) is 5.10 Å². The zero-order valence-electron chi connectivity index (χ0n) is 18.1. The molecular formula is C22H19IN7O4P. The fraction of sp³-hybridized carbons (Fsp3) is 0.0909. The number of nitro benzene ring substituents is 1. The zero-order chi connectivity index (χ0) is 24.9. The summed E-state index contributed by atoms with van der Waals surface area (Å²) < 4.78 is 1.67. The van der Waals surface area contributed by atoms with E-state index in [-0.39, 0.29) is 31.0 Å². The summed E-state index contributed by atoms with van der Waals surface area (Å²) in [5.74, 6) is -1.40. The average molecular weight is 603 g/mol. The number of nitrogen functional groups attached to an aromatic ring is 1. The third-order valence-electron chi connectivity index (χ3n) is 5.15. The minimum absolute atomic E-state index is 0.00525. The van der Waals surface area contributed by atoms with Gasteiger partial charge in [0.05, 0.1) is 34.8 Å². The fourth-order valence-electron chi connectivity index (χ4n) is 3.53. The lowest BCUT2D eigenvalue weighted by Crippen LogP contribution is -2.39. The van der Waals surface area contributed by atoms with Crippen LogP contribution in [0.25, 0.3) is 10.9 Å². The molecule has 178 valence electrons. The van der Waals surface area contributed by atoms with E-state index in [9.17, 15) is 19.7 Å². The first-order valence-electron chi connectivity index (χ1n) is 10.2. The van der Waals surface area contributed by atoms with Crippen LogP contribution in [-0.4, -0.2) is 36.2 Å². The van der Waals surface area contributed by atoms with Gasteiger partial charge in [0, 0.05) is 25.2 Å². The molecule has 35 heavy (non-hydrogen) atoms. The molecule has 1 unspecified atom stereocenters. The van der Waals surface area contributed by atoms with E-state index >= 15 is 0 Å². The van der Waals surface area contributed by atoms with Crippen molar-refractivity contribution >= 4 is 68.3 Å². The van der Waals surface area contributed by atoms with Crippen LogP contribution in [-0.2, 0) is 22.7 Å². The number of non-ortho nitro benzene ring substituents is 1. The Bertz CT molecular complexity index is 1410. The van der Waals surface area contributed by atoms with Crippen LogP contribution in [0.2, 0.25) is 0 Å². The number of nitrogens with one attached hydrogen (secondary N) is 1. The molecule has 2 heterocycles. The number of anilines is 2. The predicted molar refractivity (Wildman–Crippen MR) is 142 cm³/mol. The van der Waals surface area contributed by atoms with Crippen LogP contribution in [0.3, 0.4) is 0 Å². The molecule has 1 atom stereocenters. The topological polar surface area (TPSA) is 149 Å². The van der Waals surface area contributed by atoms with Crippen molar-refractivity contribution in [2.45, 2.75) is 13.1 Å². The summed E-state index contributed by atoms with van der Waals surface area (Å²) >= 11 is 2.15. The molecule has 0 saturated heterocycles. The first-order chi connectivity index (χ1) is 16.9. The number of nitrogens with two attached hydrogens (primary N) is 1. The number of amides is 2. The Morgan fingerprint density at radius 3 is 2.54 bits per heavy atom. The second-order valence-corrected chi connectivity index (χ2v) is 9.53. The molecule has 0 spiro atoms. The molecule has 11 nitrogen and oxygen atoms in total. The van der Waals surface area contributed by atoms with Crippen molar-refractivity contribution in [3.63, 3.8) is 0 Å². The smallest absolute Gasteiger partial charge is 0.314 e. The van der Waals surface area contributed by atoms with E-state index in [1.54, 1.807) is 22.8 Å². The monoisotopic (exact) mass is 603 g/mol. The van der Waals surface area contributed by atoms with E-state index in [1.807, 2.05) is 30.3 Å². The van der Waals surface area contributed by atoms with Crippen LogP contribution < -0.4 is 11.1 Å². The van der Waals surface area contributed by atoms with Crippen LogP contribution in [0.15, 0.2) is 67.0 Å². The van der Waals surface area contributed by atoms with E-state index in [4.69, 9.17) is 5.73 Å². The number of pyridine rings is 1. The molecule has 0 aliphatic rings. The number of carbonyl (C=O) groups is 2. The molecular weight excluding hydrogens is 584 g/mol. The highest BCUT2D eigenvalue weighted by Gasteiger charge is 2.25. The van der Waals surface area contributed by atoms with Gasteiger partial charge < -0.3 is 16.0 Å². The van der Waals surface area contributed by atoms with E-state index < -0.39 is 16.7 Å². The lowest BCUT2D eigenvalue weighted by Gasteiger charge is -2.22. The summed E-state index contributed by atoms with van der Waals surface area (Å²) in [6.07, 6.45) is 3.19. The normalized spacial score (nSPS) is 11.1. The van der Waals surface area contributed by atoms with Crippen molar-refractivity contribution in [3.05, 3.63) is 88.2 Å². The molecule has 0 radical (unpaired) electrons. The van der Waals surface area contributed by atoms with Gasteiger partial charge in [-0.15, -0.1) is 0 Å².